The minimum absolute atomic E-state index is 0.0438. The summed E-state index contributed by atoms with van der Waals surface area (Å²) in [5.74, 6) is -1.68. The van der Waals surface area contributed by atoms with Gasteiger partial charge in [0.05, 0.1) is 19.8 Å². The van der Waals surface area contributed by atoms with Crippen molar-refractivity contribution in [1.82, 2.24) is 0 Å². The number of aliphatic hydroxyl groups is 1. The van der Waals surface area contributed by atoms with Crippen LogP contribution in [-0.2, 0) is 42.2 Å². The first-order chi connectivity index (χ1) is 36.2. The van der Waals surface area contributed by atoms with E-state index >= 15 is 0 Å². The zero-order valence-corrected chi connectivity index (χ0v) is 46.9. The third kappa shape index (κ3) is 52.5. The summed E-state index contributed by atoms with van der Waals surface area (Å²) >= 11 is 0. The van der Waals surface area contributed by atoms with Crippen LogP contribution in [0.4, 0.5) is 0 Å². The predicted octanol–water partition coefficient (Wildman–Crippen LogP) is 16.6. The van der Waals surface area contributed by atoms with Crippen molar-refractivity contribution in [2.45, 2.75) is 213 Å². The smallest absolute Gasteiger partial charge is 0.462 e. The van der Waals surface area contributed by atoms with Crippen LogP contribution in [0.3, 0.4) is 0 Å². The molecule has 0 aliphatic heterocycles. The molecule has 0 aromatic heterocycles. The average molecular weight is 1050 g/mol. The monoisotopic (exact) mass is 1050 g/mol. The van der Waals surface area contributed by atoms with E-state index in [-0.39, 0.29) is 19.3 Å². The Hall–Kier alpha value is -4.38. The number of phosphoric ester groups is 1. The van der Waals surface area contributed by atoms with Crippen LogP contribution in [0.25, 0.3) is 0 Å². The fourth-order valence-corrected chi connectivity index (χ4v) is 7.64. The van der Waals surface area contributed by atoms with Crippen molar-refractivity contribution in [3.8, 4) is 0 Å². The number of hydrogen-bond donors (Lipinski definition) is 2. The lowest BCUT2D eigenvalue weighted by Crippen LogP contribution is -2.30. The van der Waals surface area contributed by atoms with Gasteiger partial charge in [-0.2, -0.15) is 0 Å². The number of allylic oxidation sites excluding steroid dienone is 22. The Balaban J connectivity index is 4.93. The molecule has 0 amide bonds. The number of aliphatic hydroxyl groups excluding tert-OH is 1. The zero-order chi connectivity index (χ0) is 54.1. The van der Waals surface area contributed by atoms with Crippen molar-refractivity contribution in [2.75, 3.05) is 26.4 Å². The molecule has 0 aliphatic rings. The molecule has 3 atom stereocenters. The first kappa shape index (κ1) is 69.6. The van der Waals surface area contributed by atoms with Crippen LogP contribution in [0.1, 0.15) is 201 Å². The molecule has 418 valence electrons. The second-order valence-corrected chi connectivity index (χ2v) is 19.4. The van der Waals surface area contributed by atoms with E-state index in [1.165, 1.54) is 38.5 Å². The lowest BCUT2D eigenvalue weighted by molar-refractivity contribution is -0.161. The van der Waals surface area contributed by atoms with E-state index in [4.69, 9.17) is 23.3 Å². The minimum Gasteiger partial charge on any atom is -0.462 e. The number of rotatable bonds is 50. The highest BCUT2D eigenvalue weighted by atomic mass is 31.2. The molecule has 3 unspecified atom stereocenters. The van der Waals surface area contributed by atoms with Gasteiger partial charge in [0.15, 0.2) is 6.10 Å². The molecule has 0 rings (SSSR count). The van der Waals surface area contributed by atoms with Crippen molar-refractivity contribution in [1.29, 1.82) is 0 Å². The van der Waals surface area contributed by atoms with E-state index in [1.54, 1.807) is 0 Å². The summed E-state index contributed by atoms with van der Waals surface area (Å²) in [4.78, 5) is 48.4. The molecular formula is C62H99O11P. The molecule has 74 heavy (non-hydrogen) atoms. The second-order valence-electron chi connectivity index (χ2n) is 18.0. The van der Waals surface area contributed by atoms with E-state index in [1.807, 2.05) is 30.4 Å². The maximum atomic E-state index is 12.9. The predicted molar refractivity (Wildman–Crippen MR) is 306 cm³/mol. The molecule has 12 heteroatoms. The maximum Gasteiger partial charge on any atom is 0.472 e. The SMILES string of the molecule is CC/C=C\C/C=C\C/C=C\C/C=C\C/C=C\C/C=C\CCC(=O)OCC(COP(=O)(O)OCC(CO)OC(=O)CC/C=C\C/C=C\C/C=C\C/C=C\CC)OC(=O)CCCCCCC/C=C\CCCCCCCC. The Labute approximate surface area is 449 Å². The van der Waals surface area contributed by atoms with Crippen molar-refractivity contribution in [3.63, 3.8) is 0 Å². The average Bonchev–Trinajstić information content (AvgIpc) is 3.39. The van der Waals surface area contributed by atoms with Crippen LogP contribution < -0.4 is 0 Å². The van der Waals surface area contributed by atoms with Crippen molar-refractivity contribution in [3.05, 3.63) is 134 Å². The van der Waals surface area contributed by atoms with Gasteiger partial charge >= 0.3 is 25.7 Å². The van der Waals surface area contributed by atoms with Gasteiger partial charge in [-0.25, -0.2) is 4.57 Å². The molecule has 0 aromatic rings. The lowest BCUT2D eigenvalue weighted by atomic mass is 10.1. The van der Waals surface area contributed by atoms with Gasteiger partial charge < -0.3 is 24.2 Å². The minimum atomic E-state index is -4.79. The van der Waals surface area contributed by atoms with Crippen LogP contribution in [0.2, 0.25) is 0 Å². The van der Waals surface area contributed by atoms with Gasteiger partial charge in [-0.1, -0.05) is 206 Å². The molecule has 0 saturated carbocycles. The van der Waals surface area contributed by atoms with Crippen molar-refractivity contribution >= 4 is 25.7 Å². The third-order valence-electron chi connectivity index (χ3n) is 11.1. The van der Waals surface area contributed by atoms with E-state index in [9.17, 15) is 28.9 Å². The summed E-state index contributed by atoms with van der Waals surface area (Å²) < 4.78 is 39.3. The fourth-order valence-electron chi connectivity index (χ4n) is 6.86. The Morgan fingerprint density at radius 2 is 0.730 bits per heavy atom. The molecule has 0 spiro atoms. The van der Waals surface area contributed by atoms with Crippen LogP contribution in [0.15, 0.2) is 134 Å². The van der Waals surface area contributed by atoms with Crippen LogP contribution in [0.5, 0.6) is 0 Å². The van der Waals surface area contributed by atoms with E-state index in [0.29, 0.717) is 19.3 Å². The molecule has 2 N–H and O–H groups in total. The summed E-state index contributed by atoms with van der Waals surface area (Å²) in [6, 6.07) is 0. The van der Waals surface area contributed by atoms with Gasteiger partial charge in [-0.3, -0.25) is 23.4 Å². The molecule has 11 nitrogen and oxygen atoms in total. The molecule has 0 fully saturated rings. The van der Waals surface area contributed by atoms with Crippen molar-refractivity contribution in [2.24, 2.45) is 0 Å². The third-order valence-corrected chi connectivity index (χ3v) is 12.0. The van der Waals surface area contributed by atoms with Gasteiger partial charge in [0.2, 0.25) is 0 Å². The van der Waals surface area contributed by atoms with Crippen LogP contribution in [-0.4, -0.2) is 66.5 Å². The Kier molecular flexibility index (Phi) is 51.6. The molecule has 0 aliphatic carbocycles. The van der Waals surface area contributed by atoms with Crippen LogP contribution >= 0.6 is 7.82 Å². The first-order valence-corrected chi connectivity index (χ1v) is 29.6. The maximum absolute atomic E-state index is 12.9. The number of unbranched alkanes of at least 4 members (excludes halogenated alkanes) is 11. The number of carbonyl (C=O) groups excluding carboxylic acids is 3. The number of ether oxygens (including phenoxy) is 3. The number of carbonyl (C=O) groups is 3. The molecule has 0 radical (unpaired) electrons. The van der Waals surface area contributed by atoms with E-state index in [0.717, 1.165) is 103 Å². The van der Waals surface area contributed by atoms with Gasteiger partial charge in [-0.15, -0.1) is 0 Å². The standard InChI is InChI=1S/C62H99O11P/c1-4-7-10-13-16-19-22-25-27-28-29-30-32-34-36-39-42-45-48-51-60(64)69-55-59(73-62(66)53-50-47-44-41-38-35-31-26-23-20-17-14-11-8-5-2)57-71-74(67,68)70-56-58(54-63)72-61(65)52-49-46-43-40-37-33-24-21-18-15-12-9-6-3/h7,9-10,12,16,18-19,21,25-27,29-31,33-34,36-37,42-43,45-46,58-59,63H,4-6,8,11,13-15,17,20,22-24,28,32,35,38-41,44,47-57H2,1-3H3,(H,67,68)/b10-7-,12-9-,19-16-,21-18-,27-25-,30-29-,31-26-,36-34-,37-33-,45-42-,46-43-. The highest BCUT2D eigenvalue weighted by Crippen LogP contribution is 2.43. The number of esters is 3. The zero-order valence-electron chi connectivity index (χ0n) is 46.0. The quantitative estimate of drug-likeness (QED) is 0.0197. The highest BCUT2D eigenvalue weighted by molar-refractivity contribution is 7.47. The van der Waals surface area contributed by atoms with Gasteiger partial charge in [0, 0.05) is 19.3 Å². The number of phosphoric acid groups is 1. The van der Waals surface area contributed by atoms with Crippen molar-refractivity contribution < 1.29 is 52.2 Å². The normalized spacial score (nSPS) is 14.4. The molecular weight excluding hydrogens is 952 g/mol. The first-order valence-electron chi connectivity index (χ1n) is 28.1. The molecule has 0 aromatic carbocycles. The lowest BCUT2D eigenvalue weighted by Gasteiger charge is -2.21. The topological polar surface area (TPSA) is 155 Å². The molecule has 0 saturated heterocycles. The molecule has 0 heterocycles. The largest absolute Gasteiger partial charge is 0.472 e. The summed E-state index contributed by atoms with van der Waals surface area (Å²) in [6.07, 6.45) is 68.8. The van der Waals surface area contributed by atoms with E-state index in [2.05, 4.69) is 124 Å². The summed E-state index contributed by atoms with van der Waals surface area (Å²) in [6.45, 7) is 4.21. The second kappa shape index (κ2) is 54.9. The highest BCUT2D eigenvalue weighted by Gasteiger charge is 2.28. The summed E-state index contributed by atoms with van der Waals surface area (Å²) in [5.41, 5.74) is 0. The van der Waals surface area contributed by atoms with E-state index < -0.39 is 64.4 Å². The van der Waals surface area contributed by atoms with Crippen LogP contribution in [0, 0.1) is 0 Å². The van der Waals surface area contributed by atoms with Gasteiger partial charge in [0.1, 0.15) is 12.7 Å². The Morgan fingerprint density at radius 1 is 0.392 bits per heavy atom. The Morgan fingerprint density at radius 3 is 1.16 bits per heavy atom. The summed E-state index contributed by atoms with van der Waals surface area (Å²) in [7, 11) is -4.79. The summed E-state index contributed by atoms with van der Waals surface area (Å²) in [5, 5.41) is 9.78. The number of hydrogen-bond acceptors (Lipinski definition) is 10. The van der Waals surface area contributed by atoms with Gasteiger partial charge in [-0.05, 0) is 109 Å². The Bertz CT molecular complexity index is 1750. The molecule has 0 bridgehead atoms. The van der Waals surface area contributed by atoms with Gasteiger partial charge in [0.25, 0.3) is 0 Å². The fraction of sp³-hybridized carbons (Fsp3) is 0.597.